The van der Waals surface area contributed by atoms with Gasteiger partial charge in [0.1, 0.15) is 0 Å². The van der Waals surface area contributed by atoms with Crippen LogP contribution in [-0.4, -0.2) is 24.9 Å². The SMILES string of the molecule is CC(=O)N(CCNC(=O)c1cccc(C)c1)c1c(C)cccc1C. The Kier molecular flexibility index (Phi) is 5.74. The highest BCUT2D eigenvalue weighted by atomic mass is 16.2. The van der Waals surface area contributed by atoms with E-state index in [2.05, 4.69) is 5.32 Å². The van der Waals surface area contributed by atoms with E-state index in [0.717, 1.165) is 22.4 Å². The molecule has 2 aromatic carbocycles. The van der Waals surface area contributed by atoms with E-state index >= 15 is 0 Å². The number of anilines is 1. The Morgan fingerprint density at radius 2 is 1.62 bits per heavy atom. The molecule has 4 heteroatoms. The van der Waals surface area contributed by atoms with Crippen LogP contribution in [0.25, 0.3) is 0 Å². The van der Waals surface area contributed by atoms with Crippen molar-refractivity contribution in [3.63, 3.8) is 0 Å². The van der Waals surface area contributed by atoms with Gasteiger partial charge in [-0.05, 0) is 44.0 Å². The second-order valence-corrected chi connectivity index (χ2v) is 6.04. The molecule has 0 aliphatic heterocycles. The average molecular weight is 324 g/mol. The Hall–Kier alpha value is -2.62. The van der Waals surface area contributed by atoms with Crippen molar-refractivity contribution in [3.05, 3.63) is 64.7 Å². The number of carbonyl (C=O) groups is 2. The summed E-state index contributed by atoms with van der Waals surface area (Å²) in [5, 5.41) is 2.89. The summed E-state index contributed by atoms with van der Waals surface area (Å²) in [7, 11) is 0. The first kappa shape index (κ1) is 17.7. The minimum absolute atomic E-state index is 0.0304. The highest BCUT2D eigenvalue weighted by Crippen LogP contribution is 2.24. The standard InChI is InChI=1S/C20H24N2O2/c1-14-7-5-10-18(13-14)20(24)21-11-12-22(17(4)23)19-15(2)8-6-9-16(19)3/h5-10,13H,11-12H2,1-4H3,(H,21,24). The van der Waals surface area contributed by atoms with Crippen molar-refractivity contribution >= 4 is 17.5 Å². The number of aryl methyl sites for hydroxylation is 3. The fourth-order valence-electron chi connectivity index (χ4n) is 2.83. The summed E-state index contributed by atoms with van der Waals surface area (Å²) < 4.78 is 0. The first-order valence-corrected chi connectivity index (χ1v) is 8.09. The van der Waals surface area contributed by atoms with Crippen molar-refractivity contribution in [1.82, 2.24) is 5.32 Å². The fourth-order valence-corrected chi connectivity index (χ4v) is 2.83. The third-order valence-electron chi connectivity index (χ3n) is 3.99. The molecule has 0 aromatic heterocycles. The molecule has 0 bridgehead atoms. The van der Waals surface area contributed by atoms with Crippen LogP contribution < -0.4 is 10.2 Å². The van der Waals surface area contributed by atoms with Crippen molar-refractivity contribution in [2.45, 2.75) is 27.7 Å². The van der Waals surface area contributed by atoms with Crippen molar-refractivity contribution in [1.29, 1.82) is 0 Å². The van der Waals surface area contributed by atoms with E-state index in [1.54, 1.807) is 17.9 Å². The van der Waals surface area contributed by atoms with E-state index in [-0.39, 0.29) is 11.8 Å². The van der Waals surface area contributed by atoms with E-state index in [0.29, 0.717) is 18.7 Å². The number of amides is 2. The van der Waals surface area contributed by atoms with Gasteiger partial charge >= 0.3 is 0 Å². The van der Waals surface area contributed by atoms with Gasteiger partial charge in [0.05, 0.1) is 0 Å². The van der Waals surface area contributed by atoms with Crippen LogP contribution in [-0.2, 0) is 4.79 Å². The lowest BCUT2D eigenvalue weighted by Crippen LogP contribution is -2.38. The zero-order valence-electron chi connectivity index (χ0n) is 14.7. The predicted molar refractivity (Wildman–Crippen MR) is 97.5 cm³/mol. The van der Waals surface area contributed by atoms with Crippen LogP contribution in [0.2, 0.25) is 0 Å². The van der Waals surface area contributed by atoms with E-state index in [1.165, 1.54) is 0 Å². The van der Waals surface area contributed by atoms with Crippen LogP contribution in [0.4, 0.5) is 5.69 Å². The lowest BCUT2D eigenvalue weighted by Gasteiger charge is -2.25. The maximum absolute atomic E-state index is 12.2. The molecule has 2 aromatic rings. The summed E-state index contributed by atoms with van der Waals surface area (Å²) >= 11 is 0. The topological polar surface area (TPSA) is 49.4 Å². The Bertz CT molecular complexity index is 733. The van der Waals surface area contributed by atoms with Crippen molar-refractivity contribution in [2.24, 2.45) is 0 Å². The Morgan fingerprint density at radius 1 is 1.00 bits per heavy atom. The molecule has 126 valence electrons. The number of benzene rings is 2. The summed E-state index contributed by atoms with van der Waals surface area (Å²) in [6.45, 7) is 8.33. The first-order valence-electron chi connectivity index (χ1n) is 8.09. The van der Waals surface area contributed by atoms with E-state index in [9.17, 15) is 9.59 Å². The molecule has 0 aliphatic rings. The summed E-state index contributed by atoms with van der Waals surface area (Å²) in [5.41, 5.74) is 4.71. The zero-order valence-corrected chi connectivity index (χ0v) is 14.7. The smallest absolute Gasteiger partial charge is 0.251 e. The maximum Gasteiger partial charge on any atom is 0.251 e. The van der Waals surface area contributed by atoms with Gasteiger partial charge in [-0.1, -0.05) is 35.9 Å². The average Bonchev–Trinajstić information content (AvgIpc) is 2.52. The molecule has 0 radical (unpaired) electrons. The number of hydrogen-bond donors (Lipinski definition) is 1. The molecule has 0 spiro atoms. The molecule has 2 rings (SSSR count). The molecule has 0 saturated heterocycles. The normalized spacial score (nSPS) is 10.3. The first-order chi connectivity index (χ1) is 11.4. The molecule has 0 unspecified atom stereocenters. The van der Waals surface area contributed by atoms with Gasteiger partial charge < -0.3 is 10.2 Å². The summed E-state index contributed by atoms with van der Waals surface area (Å²) in [6.07, 6.45) is 0. The van der Waals surface area contributed by atoms with Gasteiger partial charge in [-0.2, -0.15) is 0 Å². The molecule has 2 amide bonds. The number of rotatable bonds is 5. The second kappa shape index (κ2) is 7.77. The number of nitrogens with zero attached hydrogens (tertiary/aromatic N) is 1. The lowest BCUT2D eigenvalue weighted by molar-refractivity contribution is -0.116. The Labute approximate surface area is 143 Å². The largest absolute Gasteiger partial charge is 0.350 e. The maximum atomic E-state index is 12.2. The van der Waals surface area contributed by atoms with Crippen LogP contribution in [0.15, 0.2) is 42.5 Å². The van der Waals surface area contributed by atoms with Gasteiger partial charge in [-0.25, -0.2) is 0 Å². The molecule has 24 heavy (non-hydrogen) atoms. The predicted octanol–water partition coefficient (Wildman–Crippen LogP) is 3.39. The molecule has 0 atom stereocenters. The molecule has 1 N–H and O–H groups in total. The third-order valence-corrected chi connectivity index (χ3v) is 3.99. The van der Waals surface area contributed by atoms with Gasteiger partial charge in [0.2, 0.25) is 5.91 Å². The van der Waals surface area contributed by atoms with Crippen LogP contribution in [0.1, 0.15) is 34.0 Å². The van der Waals surface area contributed by atoms with Gasteiger partial charge in [-0.3, -0.25) is 9.59 Å². The van der Waals surface area contributed by atoms with Gasteiger partial charge in [0.25, 0.3) is 5.91 Å². The van der Waals surface area contributed by atoms with Crippen molar-refractivity contribution in [2.75, 3.05) is 18.0 Å². The lowest BCUT2D eigenvalue weighted by atomic mass is 10.1. The monoisotopic (exact) mass is 324 g/mol. The summed E-state index contributed by atoms with van der Waals surface area (Å²) in [4.78, 5) is 26.0. The quantitative estimate of drug-likeness (QED) is 0.916. The Morgan fingerprint density at radius 3 is 2.21 bits per heavy atom. The number of para-hydroxylation sites is 1. The van der Waals surface area contributed by atoms with Crippen LogP contribution >= 0.6 is 0 Å². The van der Waals surface area contributed by atoms with Crippen LogP contribution in [0.5, 0.6) is 0 Å². The van der Waals surface area contributed by atoms with E-state index in [1.807, 2.05) is 57.2 Å². The molecule has 4 nitrogen and oxygen atoms in total. The van der Waals surface area contributed by atoms with Gasteiger partial charge in [0, 0.05) is 31.3 Å². The second-order valence-electron chi connectivity index (χ2n) is 6.04. The molecule has 0 saturated carbocycles. The molecule has 0 heterocycles. The number of nitrogens with one attached hydrogen (secondary N) is 1. The zero-order chi connectivity index (χ0) is 17.7. The van der Waals surface area contributed by atoms with Crippen molar-refractivity contribution < 1.29 is 9.59 Å². The summed E-state index contributed by atoms with van der Waals surface area (Å²) in [6, 6.07) is 13.4. The van der Waals surface area contributed by atoms with Gasteiger partial charge in [-0.15, -0.1) is 0 Å². The molecular formula is C20H24N2O2. The van der Waals surface area contributed by atoms with Crippen molar-refractivity contribution in [3.8, 4) is 0 Å². The molecule has 0 fully saturated rings. The number of hydrogen-bond acceptors (Lipinski definition) is 2. The minimum atomic E-state index is -0.122. The van der Waals surface area contributed by atoms with Crippen LogP contribution in [0.3, 0.4) is 0 Å². The molecular weight excluding hydrogens is 300 g/mol. The fraction of sp³-hybridized carbons (Fsp3) is 0.300. The van der Waals surface area contributed by atoms with Gasteiger partial charge in [0.15, 0.2) is 0 Å². The van der Waals surface area contributed by atoms with E-state index < -0.39 is 0 Å². The molecule has 0 aliphatic carbocycles. The van der Waals surface area contributed by atoms with Crippen LogP contribution in [0, 0.1) is 20.8 Å². The summed E-state index contributed by atoms with van der Waals surface area (Å²) in [5.74, 6) is -0.152. The van der Waals surface area contributed by atoms with E-state index in [4.69, 9.17) is 0 Å². The highest BCUT2D eigenvalue weighted by Gasteiger charge is 2.16. The number of carbonyl (C=O) groups excluding carboxylic acids is 2. The Balaban J connectivity index is 2.05. The third kappa shape index (κ3) is 4.22. The highest BCUT2D eigenvalue weighted by molar-refractivity contribution is 5.95. The minimum Gasteiger partial charge on any atom is -0.350 e.